The van der Waals surface area contributed by atoms with Crippen molar-refractivity contribution in [3.8, 4) is 11.8 Å². The van der Waals surface area contributed by atoms with E-state index in [2.05, 4.69) is 11.8 Å². The van der Waals surface area contributed by atoms with Crippen molar-refractivity contribution >= 4 is 5.78 Å². The predicted octanol–water partition coefficient (Wildman–Crippen LogP) is 2.87. The molecule has 0 aliphatic carbocycles. The number of alkyl halides is 3. The molecule has 0 rings (SSSR count). The van der Waals surface area contributed by atoms with E-state index in [0.717, 1.165) is 18.9 Å². The molecule has 0 radical (unpaired) electrons. The van der Waals surface area contributed by atoms with Gasteiger partial charge in [-0.25, -0.2) is 0 Å². The summed E-state index contributed by atoms with van der Waals surface area (Å²) >= 11 is 0. The van der Waals surface area contributed by atoms with Crippen molar-refractivity contribution in [2.24, 2.45) is 0 Å². The third kappa shape index (κ3) is 6.30. The van der Waals surface area contributed by atoms with Gasteiger partial charge in [-0.05, 0) is 18.6 Å². The first kappa shape index (κ1) is 12.8. The molecule has 0 N–H and O–H groups in total. The summed E-state index contributed by atoms with van der Waals surface area (Å²) in [5, 5.41) is 0. The van der Waals surface area contributed by atoms with Gasteiger partial charge in [-0.15, -0.1) is 0 Å². The van der Waals surface area contributed by atoms with Crippen LogP contribution in [0.25, 0.3) is 0 Å². The number of carbonyl (C=O) groups excluding carboxylic acids is 1. The molecule has 0 amide bonds. The third-order valence-electron chi connectivity index (χ3n) is 1.35. The van der Waals surface area contributed by atoms with E-state index in [-0.39, 0.29) is 0 Å². The molecule has 1 nitrogen and oxygen atoms in total. The molecule has 0 saturated carbocycles. The highest BCUT2D eigenvalue weighted by Gasteiger charge is 2.35. The number of carbonyl (C=O) groups is 1. The molecule has 0 saturated heterocycles. The lowest BCUT2D eigenvalue weighted by atomic mass is 10.2. The Labute approximate surface area is 81.0 Å². The summed E-state index contributed by atoms with van der Waals surface area (Å²) in [5.74, 6) is 3.14. The first-order valence-corrected chi connectivity index (χ1v) is 4.24. The van der Waals surface area contributed by atoms with Crippen LogP contribution in [-0.4, -0.2) is 12.0 Å². The predicted molar refractivity (Wildman–Crippen MR) is 47.5 cm³/mol. The van der Waals surface area contributed by atoms with Gasteiger partial charge in [-0.3, -0.25) is 4.79 Å². The Hall–Kier alpha value is -1.24. The first-order valence-electron chi connectivity index (χ1n) is 4.24. The van der Waals surface area contributed by atoms with Crippen molar-refractivity contribution in [3.63, 3.8) is 0 Å². The Morgan fingerprint density at radius 2 is 2.07 bits per heavy atom. The van der Waals surface area contributed by atoms with Crippen LogP contribution in [0.1, 0.15) is 26.2 Å². The molecule has 0 aromatic carbocycles. The van der Waals surface area contributed by atoms with E-state index in [1.807, 2.05) is 6.92 Å². The number of unbranched alkanes of at least 4 members (excludes halogenated alkanes) is 2. The van der Waals surface area contributed by atoms with Crippen LogP contribution >= 0.6 is 0 Å². The Bertz CT molecular complexity index is 265. The minimum Gasteiger partial charge on any atom is -0.285 e. The highest BCUT2D eigenvalue weighted by molar-refractivity contribution is 5.94. The van der Waals surface area contributed by atoms with E-state index < -0.39 is 12.0 Å². The fourth-order valence-corrected chi connectivity index (χ4v) is 0.608. The standard InChI is InChI=1S/C10H11F3O/c1-2-3-4-5-6-7-8-9(14)10(11,12)13/h7-8H,2-4H2,1H3/b8-7+. The van der Waals surface area contributed by atoms with E-state index in [1.54, 1.807) is 0 Å². The second-order valence-electron chi connectivity index (χ2n) is 2.62. The summed E-state index contributed by atoms with van der Waals surface area (Å²) in [5.41, 5.74) is 0. The smallest absolute Gasteiger partial charge is 0.285 e. The van der Waals surface area contributed by atoms with Crippen LogP contribution in [0.4, 0.5) is 13.2 Å². The number of hydrogen-bond donors (Lipinski definition) is 0. The van der Waals surface area contributed by atoms with Crippen molar-refractivity contribution in [1.29, 1.82) is 0 Å². The van der Waals surface area contributed by atoms with Gasteiger partial charge in [0.2, 0.25) is 0 Å². The number of allylic oxidation sites excluding steroid dienone is 2. The minimum absolute atomic E-state index is 0.443. The molecule has 0 aliphatic rings. The van der Waals surface area contributed by atoms with Crippen LogP contribution in [0.5, 0.6) is 0 Å². The molecular formula is C10H11F3O. The Morgan fingerprint density at radius 3 is 2.57 bits per heavy atom. The molecule has 14 heavy (non-hydrogen) atoms. The summed E-state index contributed by atoms with van der Waals surface area (Å²) < 4.78 is 34.9. The molecule has 0 heterocycles. The maximum absolute atomic E-state index is 11.6. The molecule has 78 valence electrons. The maximum atomic E-state index is 11.6. The van der Waals surface area contributed by atoms with Crippen LogP contribution in [0.15, 0.2) is 12.2 Å². The molecule has 0 spiro atoms. The summed E-state index contributed by atoms with van der Waals surface area (Å²) in [4.78, 5) is 10.3. The quantitative estimate of drug-likeness (QED) is 0.392. The van der Waals surface area contributed by atoms with Crippen LogP contribution in [-0.2, 0) is 4.79 Å². The molecule has 0 unspecified atom stereocenters. The van der Waals surface area contributed by atoms with Gasteiger partial charge in [-0.2, -0.15) is 13.2 Å². The lowest BCUT2D eigenvalue weighted by Gasteiger charge is -1.97. The van der Waals surface area contributed by atoms with Crippen molar-refractivity contribution in [2.75, 3.05) is 0 Å². The van der Waals surface area contributed by atoms with Crippen molar-refractivity contribution in [1.82, 2.24) is 0 Å². The van der Waals surface area contributed by atoms with Crippen LogP contribution in [0, 0.1) is 11.8 Å². The van der Waals surface area contributed by atoms with Gasteiger partial charge in [0, 0.05) is 6.42 Å². The lowest BCUT2D eigenvalue weighted by Crippen LogP contribution is -2.19. The van der Waals surface area contributed by atoms with Crippen molar-refractivity contribution in [2.45, 2.75) is 32.4 Å². The normalized spacial score (nSPS) is 11.1. The van der Waals surface area contributed by atoms with E-state index in [4.69, 9.17) is 0 Å². The van der Waals surface area contributed by atoms with Crippen LogP contribution in [0.2, 0.25) is 0 Å². The van der Waals surface area contributed by atoms with E-state index in [1.165, 1.54) is 0 Å². The van der Waals surface area contributed by atoms with Gasteiger partial charge in [0.1, 0.15) is 0 Å². The van der Waals surface area contributed by atoms with E-state index >= 15 is 0 Å². The van der Waals surface area contributed by atoms with Gasteiger partial charge >= 0.3 is 6.18 Å². The average molecular weight is 204 g/mol. The molecule has 0 aromatic rings. The largest absolute Gasteiger partial charge is 0.454 e. The number of rotatable bonds is 3. The Kier molecular flexibility index (Phi) is 5.70. The summed E-state index contributed by atoms with van der Waals surface area (Å²) in [6, 6.07) is 0. The third-order valence-corrected chi connectivity index (χ3v) is 1.35. The molecule has 0 aromatic heterocycles. The highest BCUT2D eigenvalue weighted by Crippen LogP contribution is 2.15. The molecule has 0 atom stereocenters. The van der Waals surface area contributed by atoms with E-state index in [9.17, 15) is 18.0 Å². The zero-order valence-electron chi connectivity index (χ0n) is 7.82. The summed E-state index contributed by atoms with van der Waals surface area (Å²) in [6.45, 7) is 1.99. The van der Waals surface area contributed by atoms with Crippen molar-refractivity contribution in [3.05, 3.63) is 12.2 Å². The fraction of sp³-hybridized carbons (Fsp3) is 0.500. The fourth-order valence-electron chi connectivity index (χ4n) is 0.608. The second-order valence-corrected chi connectivity index (χ2v) is 2.62. The van der Waals surface area contributed by atoms with Gasteiger partial charge in [0.05, 0.1) is 0 Å². The number of ketones is 1. The van der Waals surface area contributed by atoms with Crippen LogP contribution < -0.4 is 0 Å². The second kappa shape index (κ2) is 6.25. The number of hydrogen-bond acceptors (Lipinski definition) is 1. The average Bonchev–Trinajstić information content (AvgIpc) is 2.09. The molecule has 4 heteroatoms. The SMILES string of the molecule is CCCCC#C/C=C/C(=O)C(F)(F)F. The summed E-state index contributed by atoms with van der Waals surface area (Å²) in [7, 11) is 0. The number of halogens is 3. The Balaban J connectivity index is 3.93. The molecule has 0 fully saturated rings. The monoisotopic (exact) mass is 204 g/mol. The van der Waals surface area contributed by atoms with Crippen molar-refractivity contribution < 1.29 is 18.0 Å². The van der Waals surface area contributed by atoms with Gasteiger partial charge in [0.15, 0.2) is 0 Å². The first-order chi connectivity index (χ1) is 6.48. The lowest BCUT2D eigenvalue weighted by molar-refractivity contribution is -0.165. The highest BCUT2D eigenvalue weighted by atomic mass is 19.4. The van der Waals surface area contributed by atoms with Gasteiger partial charge in [0.25, 0.3) is 5.78 Å². The van der Waals surface area contributed by atoms with Crippen LogP contribution in [0.3, 0.4) is 0 Å². The van der Waals surface area contributed by atoms with Gasteiger partial charge in [-0.1, -0.05) is 25.2 Å². The minimum atomic E-state index is -4.79. The topological polar surface area (TPSA) is 17.1 Å². The summed E-state index contributed by atoms with van der Waals surface area (Å²) in [6.07, 6.45) is -0.874. The zero-order chi connectivity index (χ0) is 11.0. The molecule has 0 bridgehead atoms. The Morgan fingerprint density at radius 1 is 1.43 bits per heavy atom. The maximum Gasteiger partial charge on any atom is 0.454 e. The molecular weight excluding hydrogens is 193 g/mol. The van der Waals surface area contributed by atoms with Gasteiger partial charge < -0.3 is 0 Å². The molecule has 0 aliphatic heterocycles. The zero-order valence-corrected chi connectivity index (χ0v) is 7.82. The van der Waals surface area contributed by atoms with E-state index in [0.29, 0.717) is 12.5 Å².